The fraction of sp³-hybridized carbons (Fsp3) is 0.292. The van der Waals surface area contributed by atoms with Gasteiger partial charge < -0.3 is 21.1 Å². The highest BCUT2D eigenvalue weighted by Gasteiger charge is 2.55. The number of amides is 2. The van der Waals surface area contributed by atoms with E-state index in [-0.39, 0.29) is 17.9 Å². The molecule has 13 heteroatoms. The van der Waals surface area contributed by atoms with Crippen LogP contribution in [-0.2, 0) is 0 Å². The molecule has 2 aromatic rings. The Bertz CT molecular complexity index is 1220. The summed E-state index contributed by atoms with van der Waals surface area (Å²) in [6, 6.07) is 2.67. The number of halogens is 5. The standard InChI is InChI=1S/C24H26F5N5O3/c1-4-7-9-15(5-2)34-20(30)17(12-32-34)21(35)31-13-23(37,24(27,28)29)14-33(6-3)22(36)16-10-8-11-18(25)19(16)26/h4-5,7-12,37H,1,6,13-14,30H2,2-3H3,(H,31,35)/b9-7-,15-5+. The van der Waals surface area contributed by atoms with Gasteiger partial charge in [-0.05, 0) is 32.1 Å². The number of likely N-dealkylation sites (N-methyl/N-ethyl adjacent to an activating group) is 1. The van der Waals surface area contributed by atoms with Crippen molar-refractivity contribution >= 4 is 23.3 Å². The SMILES string of the molecule is C=C/C=C\C(=C/C)n1ncc(C(=O)NCC(O)(CN(CC)C(=O)c2cccc(F)c2F)C(F)(F)F)c1N. The van der Waals surface area contributed by atoms with Gasteiger partial charge in [0.2, 0.25) is 0 Å². The summed E-state index contributed by atoms with van der Waals surface area (Å²) in [6.07, 6.45) is 1.98. The molecule has 2 rings (SSSR count). The van der Waals surface area contributed by atoms with Gasteiger partial charge in [0.1, 0.15) is 11.4 Å². The topological polar surface area (TPSA) is 113 Å². The molecule has 0 aliphatic heterocycles. The van der Waals surface area contributed by atoms with Crippen LogP contribution >= 0.6 is 0 Å². The number of alkyl halides is 3. The van der Waals surface area contributed by atoms with E-state index < -0.39 is 53.9 Å². The van der Waals surface area contributed by atoms with Crippen molar-refractivity contribution in [2.75, 3.05) is 25.4 Å². The Labute approximate surface area is 209 Å². The lowest BCUT2D eigenvalue weighted by atomic mass is 10.0. The van der Waals surface area contributed by atoms with E-state index in [0.717, 1.165) is 24.4 Å². The molecule has 200 valence electrons. The summed E-state index contributed by atoms with van der Waals surface area (Å²) >= 11 is 0. The molecule has 1 heterocycles. The number of hydrogen-bond donors (Lipinski definition) is 3. The second-order valence-electron chi connectivity index (χ2n) is 7.80. The van der Waals surface area contributed by atoms with Crippen LogP contribution < -0.4 is 11.1 Å². The van der Waals surface area contributed by atoms with Crippen LogP contribution in [0, 0.1) is 11.6 Å². The van der Waals surface area contributed by atoms with Crippen molar-refractivity contribution < 1.29 is 36.6 Å². The minimum absolute atomic E-state index is 0.179. The lowest BCUT2D eigenvalue weighted by molar-refractivity contribution is -0.259. The van der Waals surface area contributed by atoms with Crippen LogP contribution in [0.25, 0.3) is 5.70 Å². The minimum atomic E-state index is -5.32. The first-order chi connectivity index (χ1) is 17.3. The number of hydrogen-bond acceptors (Lipinski definition) is 5. The number of carbonyl (C=O) groups is 2. The summed E-state index contributed by atoms with van der Waals surface area (Å²) in [5.41, 5.74) is 1.69. The van der Waals surface area contributed by atoms with Crippen LogP contribution in [0.4, 0.5) is 27.8 Å². The Morgan fingerprint density at radius 2 is 1.95 bits per heavy atom. The van der Waals surface area contributed by atoms with Crippen LogP contribution in [0.5, 0.6) is 0 Å². The lowest BCUT2D eigenvalue weighted by Gasteiger charge is -2.35. The number of allylic oxidation sites excluding steroid dienone is 5. The number of nitrogens with zero attached hydrogens (tertiary/aromatic N) is 3. The van der Waals surface area contributed by atoms with Crippen LogP contribution in [-0.4, -0.2) is 63.0 Å². The molecular formula is C24H26F5N5O3. The van der Waals surface area contributed by atoms with Crippen molar-refractivity contribution in [1.82, 2.24) is 20.0 Å². The number of aliphatic hydroxyl groups is 1. The number of anilines is 1. The third-order valence-corrected chi connectivity index (χ3v) is 5.37. The van der Waals surface area contributed by atoms with E-state index >= 15 is 0 Å². The first kappa shape index (κ1) is 29.2. The Morgan fingerprint density at radius 1 is 1.27 bits per heavy atom. The second kappa shape index (κ2) is 11.8. The molecule has 4 N–H and O–H groups in total. The van der Waals surface area contributed by atoms with Crippen LogP contribution in [0.3, 0.4) is 0 Å². The number of aromatic nitrogens is 2. The maximum atomic E-state index is 14.1. The Balaban J connectivity index is 2.28. The number of rotatable bonds is 10. The van der Waals surface area contributed by atoms with E-state index in [0.29, 0.717) is 10.6 Å². The van der Waals surface area contributed by atoms with E-state index in [1.807, 2.05) is 5.32 Å². The number of carbonyl (C=O) groups excluding carboxylic acids is 2. The van der Waals surface area contributed by atoms with Crippen molar-refractivity contribution in [2.24, 2.45) is 0 Å². The predicted octanol–water partition coefficient (Wildman–Crippen LogP) is 3.53. The van der Waals surface area contributed by atoms with Crippen molar-refractivity contribution in [2.45, 2.75) is 25.6 Å². The first-order valence-corrected chi connectivity index (χ1v) is 10.9. The second-order valence-corrected chi connectivity index (χ2v) is 7.80. The predicted molar refractivity (Wildman–Crippen MR) is 127 cm³/mol. The van der Waals surface area contributed by atoms with E-state index in [1.165, 1.54) is 17.7 Å². The zero-order chi connectivity index (χ0) is 28.0. The minimum Gasteiger partial charge on any atom is -0.383 e. The fourth-order valence-electron chi connectivity index (χ4n) is 3.24. The van der Waals surface area contributed by atoms with Crippen LogP contribution in [0.2, 0.25) is 0 Å². The van der Waals surface area contributed by atoms with Crippen molar-refractivity contribution in [3.05, 3.63) is 78.0 Å². The highest BCUT2D eigenvalue weighted by Crippen LogP contribution is 2.32. The van der Waals surface area contributed by atoms with Gasteiger partial charge in [-0.15, -0.1) is 0 Å². The molecule has 0 aliphatic carbocycles. The summed E-state index contributed by atoms with van der Waals surface area (Å²) in [5.74, 6) is -5.42. The van der Waals surface area contributed by atoms with Crippen LogP contribution in [0.15, 0.2) is 55.3 Å². The first-order valence-electron chi connectivity index (χ1n) is 10.9. The number of benzene rings is 1. The maximum Gasteiger partial charge on any atom is 0.420 e. The summed E-state index contributed by atoms with van der Waals surface area (Å²) in [4.78, 5) is 25.8. The lowest BCUT2D eigenvalue weighted by Crippen LogP contribution is -2.60. The van der Waals surface area contributed by atoms with Gasteiger partial charge in [0.05, 0.1) is 30.5 Å². The Hall–Kier alpha value is -4.00. The van der Waals surface area contributed by atoms with Crippen molar-refractivity contribution in [3.63, 3.8) is 0 Å². The molecule has 0 saturated carbocycles. The third kappa shape index (κ3) is 6.42. The van der Waals surface area contributed by atoms with E-state index in [2.05, 4.69) is 11.7 Å². The molecule has 0 saturated heterocycles. The molecule has 37 heavy (non-hydrogen) atoms. The maximum absolute atomic E-state index is 14.1. The normalized spacial score (nSPS) is 13.9. The smallest absolute Gasteiger partial charge is 0.383 e. The van der Waals surface area contributed by atoms with Gasteiger partial charge in [0.15, 0.2) is 17.2 Å². The van der Waals surface area contributed by atoms with Gasteiger partial charge in [-0.1, -0.05) is 30.9 Å². The molecule has 1 atom stereocenters. The molecule has 0 spiro atoms. The molecule has 8 nitrogen and oxygen atoms in total. The van der Waals surface area contributed by atoms with Crippen molar-refractivity contribution in [3.8, 4) is 0 Å². The van der Waals surface area contributed by atoms with Gasteiger partial charge >= 0.3 is 6.18 Å². The summed E-state index contributed by atoms with van der Waals surface area (Å²) in [7, 11) is 0. The summed E-state index contributed by atoms with van der Waals surface area (Å²) in [6.45, 7) is 3.37. The number of nitrogen functional groups attached to an aromatic ring is 1. The van der Waals surface area contributed by atoms with E-state index in [9.17, 15) is 36.6 Å². The monoisotopic (exact) mass is 527 g/mol. The Kier molecular flexibility index (Phi) is 9.34. The van der Waals surface area contributed by atoms with Gasteiger partial charge in [0.25, 0.3) is 11.8 Å². The zero-order valence-corrected chi connectivity index (χ0v) is 20.0. The third-order valence-electron chi connectivity index (χ3n) is 5.37. The van der Waals surface area contributed by atoms with E-state index in [4.69, 9.17) is 5.73 Å². The van der Waals surface area contributed by atoms with Crippen LogP contribution in [0.1, 0.15) is 34.6 Å². The molecule has 1 aromatic heterocycles. The molecule has 0 radical (unpaired) electrons. The fourth-order valence-corrected chi connectivity index (χ4v) is 3.24. The zero-order valence-electron chi connectivity index (χ0n) is 20.0. The number of nitrogens with one attached hydrogen (secondary N) is 1. The quantitative estimate of drug-likeness (QED) is 0.323. The average Bonchev–Trinajstić information content (AvgIpc) is 3.23. The molecule has 1 unspecified atom stereocenters. The van der Waals surface area contributed by atoms with Gasteiger partial charge in [-0.3, -0.25) is 9.59 Å². The molecule has 2 amide bonds. The highest BCUT2D eigenvalue weighted by molar-refractivity contribution is 5.99. The summed E-state index contributed by atoms with van der Waals surface area (Å²) in [5, 5.41) is 16.4. The molecular weight excluding hydrogens is 501 g/mol. The molecule has 1 aromatic carbocycles. The summed E-state index contributed by atoms with van der Waals surface area (Å²) < 4.78 is 70.4. The van der Waals surface area contributed by atoms with Gasteiger partial charge in [0, 0.05) is 6.54 Å². The molecule has 0 bridgehead atoms. The average molecular weight is 527 g/mol. The van der Waals surface area contributed by atoms with Gasteiger partial charge in [-0.25, -0.2) is 13.5 Å². The largest absolute Gasteiger partial charge is 0.420 e. The molecule has 0 aliphatic rings. The number of nitrogens with two attached hydrogens (primary N) is 1. The highest BCUT2D eigenvalue weighted by atomic mass is 19.4. The Morgan fingerprint density at radius 3 is 2.51 bits per heavy atom. The molecule has 0 fully saturated rings. The van der Waals surface area contributed by atoms with Crippen molar-refractivity contribution in [1.29, 1.82) is 0 Å². The van der Waals surface area contributed by atoms with E-state index in [1.54, 1.807) is 25.2 Å². The van der Waals surface area contributed by atoms with Gasteiger partial charge in [-0.2, -0.15) is 18.3 Å².